The van der Waals surface area contributed by atoms with Gasteiger partial charge in [0.1, 0.15) is 13.1 Å². The summed E-state index contributed by atoms with van der Waals surface area (Å²) in [5.74, 6) is 0. The maximum atomic E-state index is 12.5. The topological polar surface area (TPSA) is 55.4 Å². The molecule has 1 fully saturated rings. The molecule has 1 aliphatic heterocycles. The van der Waals surface area contributed by atoms with Gasteiger partial charge < -0.3 is 0 Å². The van der Waals surface area contributed by atoms with Gasteiger partial charge >= 0.3 is 15.6 Å². The van der Waals surface area contributed by atoms with Crippen LogP contribution in [0.4, 0.5) is 13.2 Å². The summed E-state index contributed by atoms with van der Waals surface area (Å²) >= 11 is 0. The van der Waals surface area contributed by atoms with Crippen molar-refractivity contribution >= 4 is 10.1 Å². The highest BCUT2D eigenvalue weighted by Gasteiger charge is 2.53. The third-order valence-electron chi connectivity index (χ3n) is 3.28. The monoisotopic (exact) mass is 319 g/mol. The molecule has 1 saturated heterocycles. The van der Waals surface area contributed by atoms with Crippen LogP contribution in [0.2, 0.25) is 0 Å². The number of quaternary nitrogens is 1. The summed E-state index contributed by atoms with van der Waals surface area (Å²) in [7, 11) is -5.57. The highest BCUT2D eigenvalue weighted by Crippen LogP contribution is 2.29. The number of hydrogen-bond acceptors (Lipinski definition) is 4. The Labute approximate surface area is 117 Å². The molecule has 0 aromatic heterocycles. The summed E-state index contributed by atoms with van der Waals surface area (Å²) in [5, 5.41) is 2.91. The zero-order valence-corrected chi connectivity index (χ0v) is 12.4. The van der Waals surface area contributed by atoms with Crippen molar-refractivity contribution in [3.63, 3.8) is 0 Å². The van der Waals surface area contributed by atoms with Crippen LogP contribution < -0.4 is 5.32 Å². The molecule has 1 N–H and O–H groups in total. The minimum atomic E-state index is -5.57. The van der Waals surface area contributed by atoms with Crippen LogP contribution in [0.3, 0.4) is 0 Å². The van der Waals surface area contributed by atoms with Crippen molar-refractivity contribution in [3.05, 3.63) is 0 Å². The predicted octanol–water partition coefficient (Wildman–Crippen LogP) is 2.12. The molecule has 1 atom stereocenters. The van der Waals surface area contributed by atoms with Gasteiger partial charge in [-0.3, -0.25) is 5.32 Å². The molecule has 1 heterocycles. The summed E-state index contributed by atoms with van der Waals surface area (Å²) in [5.41, 5.74) is -5.38. The minimum Gasteiger partial charge on any atom is -0.268 e. The Balaban J connectivity index is 2.73. The number of halogens is 3. The molecular formula is C11H22F3N2O3S+. The molecule has 120 valence electrons. The van der Waals surface area contributed by atoms with E-state index in [1.165, 1.54) is 0 Å². The highest BCUT2D eigenvalue weighted by molar-refractivity contribution is 7.87. The fourth-order valence-electron chi connectivity index (χ4n) is 2.22. The van der Waals surface area contributed by atoms with E-state index < -0.39 is 20.3 Å². The lowest BCUT2D eigenvalue weighted by Crippen LogP contribution is -2.59. The molecule has 0 radical (unpaired) electrons. The van der Waals surface area contributed by atoms with Crippen LogP contribution in [0.15, 0.2) is 0 Å². The number of hydroxylamine groups is 3. The van der Waals surface area contributed by atoms with Crippen molar-refractivity contribution in [2.45, 2.75) is 44.5 Å². The van der Waals surface area contributed by atoms with Gasteiger partial charge in [0.25, 0.3) is 0 Å². The first-order valence-electron chi connectivity index (χ1n) is 6.82. The van der Waals surface area contributed by atoms with Crippen LogP contribution in [0, 0.1) is 0 Å². The number of hydrogen-bond donors (Lipinski definition) is 1. The zero-order chi connectivity index (χ0) is 15.3. The summed E-state index contributed by atoms with van der Waals surface area (Å²) in [4.78, 5) is 0. The van der Waals surface area contributed by atoms with Gasteiger partial charge in [-0.05, 0) is 12.8 Å². The van der Waals surface area contributed by atoms with Gasteiger partial charge in [0.15, 0.2) is 6.67 Å². The van der Waals surface area contributed by atoms with Crippen molar-refractivity contribution in [1.82, 2.24) is 5.32 Å². The van der Waals surface area contributed by atoms with Crippen LogP contribution in [-0.4, -0.2) is 44.9 Å². The lowest BCUT2D eigenvalue weighted by atomic mass is 10.2. The Hall–Kier alpha value is -0.380. The fraction of sp³-hybridized carbons (Fsp3) is 1.00. The van der Waals surface area contributed by atoms with E-state index in [0.717, 1.165) is 19.3 Å². The molecule has 20 heavy (non-hydrogen) atoms. The predicted molar refractivity (Wildman–Crippen MR) is 67.7 cm³/mol. The summed E-state index contributed by atoms with van der Waals surface area (Å²) in [6.07, 6.45) is 4.05. The Bertz CT molecular complexity index is 392. The van der Waals surface area contributed by atoms with Crippen LogP contribution in [0.1, 0.15) is 39.0 Å². The molecular weight excluding hydrogens is 297 g/mol. The Kier molecular flexibility index (Phi) is 6.24. The van der Waals surface area contributed by atoms with Gasteiger partial charge in [-0.25, -0.2) is 0 Å². The molecule has 0 aliphatic carbocycles. The molecule has 1 rings (SSSR count). The van der Waals surface area contributed by atoms with Crippen LogP contribution >= 0.6 is 0 Å². The Morgan fingerprint density at radius 2 is 1.95 bits per heavy atom. The van der Waals surface area contributed by atoms with Crippen molar-refractivity contribution in [3.8, 4) is 0 Å². The van der Waals surface area contributed by atoms with Crippen LogP contribution in [0.25, 0.3) is 0 Å². The van der Waals surface area contributed by atoms with Gasteiger partial charge in [0.2, 0.25) is 0 Å². The first kappa shape index (κ1) is 17.7. The lowest BCUT2D eigenvalue weighted by Gasteiger charge is -2.37. The maximum absolute atomic E-state index is 12.5. The lowest BCUT2D eigenvalue weighted by molar-refractivity contribution is -1.08. The van der Waals surface area contributed by atoms with Crippen molar-refractivity contribution < 1.29 is 30.5 Å². The fourth-order valence-corrected chi connectivity index (χ4v) is 2.93. The Morgan fingerprint density at radius 3 is 2.45 bits per heavy atom. The van der Waals surface area contributed by atoms with Gasteiger partial charge in [0.05, 0.1) is 0 Å². The van der Waals surface area contributed by atoms with Gasteiger partial charge in [-0.1, -0.05) is 24.0 Å². The first-order chi connectivity index (χ1) is 9.22. The first-order valence-corrected chi connectivity index (χ1v) is 8.22. The summed E-state index contributed by atoms with van der Waals surface area (Å²) in [6, 6.07) is 0. The second kappa shape index (κ2) is 7.06. The second-order valence-electron chi connectivity index (χ2n) is 5.05. The van der Waals surface area contributed by atoms with Crippen LogP contribution in [-0.2, 0) is 14.4 Å². The summed E-state index contributed by atoms with van der Waals surface area (Å²) in [6.45, 7) is 3.31. The van der Waals surface area contributed by atoms with Gasteiger partial charge in [-0.2, -0.15) is 21.6 Å². The zero-order valence-electron chi connectivity index (χ0n) is 11.6. The molecule has 1 unspecified atom stereocenters. The third-order valence-corrected chi connectivity index (χ3v) is 4.36. The molecule has 0 amide bonds. The van der Waals surface area contributed by atoms with E-state index in [0.29, 0.717) is 19.4 Å². The second-order valence-corrected chi connectivity index (χ2v) is 6.57. The van der Waals surface area contributed by atoms with Gasteiger partial charge in [0, 0.05) is 13.0 Å². The Morgan fingerprint density at radius 1 is 1.25 bits per heavy atom. The van der Waals surface area contributed by atoms with E-state index in [9.17, 15) is 21.6 Å². The van der Waals surface area contributed by atoms with Crippen molar-refractivity contribution in [2.24, 2.45) is 0 Å². The minimum absolute atomic E-state index is 0.0848. The van der Waals surface area contributed by atoms with Crippen LogP contribution in [0.5, 0.6) is 0 Å². The van der Waals surface area contributed by atoms with E-state index in [1.54, 1.807) is 0 Å². The number of alkyl halides is 3. The molecule has 0 aromatic rings. The van der Waals surface area contributed by atoms with E-state index in [-0.39, 0.29) is 19.8 Å². The smallest absolute Gasteiger partial charge is 0.268 e. The maximum Gasteiger partial charge on any atom is 0.528 e. The number of nitrogens with zero attached hydrogens (tertiary/aromatic N) is 1. The summed E-state index contributed by atoms with van der Waals surface area (Å²) < 4.78 is 63.8. The van der Waals surface area contributed by atoms with E-state index in [4.69, 9.17) is 0 Å². The highest BCUT2D eigenvalue weighted by atomic mass is 32.2. The SMILES string of the molecule is CCCCCC[N+]1(OS(=O)(=O)C(F)(F)F)CCCNC1. The molecule has 0 spiro atoms. The average Bonchev–Trinajstić information content (AvgIpc) is 2.34. The molecule has 9 heteroatoms. The largest absolute Gasteiger partial charge is 0.528 e. The third kappa shape index (κ3) is 4.87. The van der Waals surface area contributed by atoms with Crippen molar-refractivity contribution in [1.29, 1.82) is 0 Å². The molecule has 1 aliphatic rings. The molecule has 0 bridgehead atoms. The number of rotatable bonds is 7. The molecule has 0 saturated carbocycles. The average molecular weight is 319 g/mol. The quantitative estimate of drug-likeness (QED) is 0.444. The van der Waals surface area contributed by atoms with E-state index in [2.05, 4.69) is 9.60 Å². The van der Waals surface area contributed by atoms with Crippen molar-refractivity contribution in [2.75, 3.05) is 26.3 Å². The molecule has 5 nitrogen and oxygen atoms in total. The van der Waals surface area contributed by atoms with E-state index in [1.807, 2.05) is 6.92 Å². The molecule has 0 aromatic carbocycles. The normalized spacial score (nSPS) is 24.8. The van der Waals surface area contributed by atoms with E-state index >= 15 is 0 Å². The number of unbranched alkanes of at least 4 members (excludes halogenated alkanes) is 3. The van der Waals surface area contributed by atoms with Gasteiger partial charge in [-0.15, -0.1) is 4.65 Å². The number of nitrogens with one attached hydrogen (secondary N) is 1. The standard InChI is InChI=1S/C11H22F3N2O3S/c1-2-3-4-5-8-16(9-6-7-15-10-16)19-20(17,18)11(12,13)14/h15H,2-10H2,1H3/q+1.